The van der Waals surface area contributed by atoms with Crippen molar-refractivity contribution in [1.29, 1.82) is 0 Å². The van der Waals surface area contributed by atoms with Crippen molar-refractivity contribution in [2.75, 3.05) is 13.7 Å². The molecule has 1 N–H and O–H groups in total. The maximum atomic E-state index is 12.6. The van der Waals surface area contributed by atoms with Crippen molar-refractivity contribution in [3.05, 3.63) is 35.4 Å². The van der Waals surface area contributed by atoms with Crippen molar-refractivity contribution in [3.63, 3.8) is 0 Å². The summed E-state index contributed by atoms with van der Waals surface area (Å²) in [7, 11) is 1.55. The highest BCUT2D eigenvalue weighted by Crippen LogP contribution is 2.21. The predicted octanol–water partition coefficient (Wildman–Crippen LogP) is 2.82. The zero-order chi connectivity index (χ0) is 13.6. The van der Waals surface area contributed by atoms with Crippen LogP contribution >= 0.6 is 0 Å². The summed E-state index contributed by atoms with van der Waals surface area (Å²) in [6.07, 6.45) is -3.65. The second-order valence-electron chi connectivity index (χ2n) is 3.92. The standard InChI is InChI=1S/C12H15F4NO/c1-18-7-10-4-2-3-9(5-10)6-17-8-12(15,16)11(13)14/h2-5,11,17H,6-8H2,1H3. The zero-order valence-electron chi connectivity index (χ0n) is 9.93. The Morgan fingerprint density at radius 3 is 2.56 bits per heavy atom. The summed E-state index contributed by atoms with van der Waals surface area (Å²) in [5, 5.41) is 2.32. The summed E-state index contributed by atoms with van der Waals surface area (Å²) in [5.41, 5.74) is 1.65. The average molecular weight is 265 g/mol. The fourth-order valence-electron chi connectivity index (χ4n) is 1.45. The summed E-state index contributed by atoms with van der Waals surface area (Å²) in [6.45, 7) is -0.514. The normalized spacial score (nSPS) is 12.1. The van der Waals surface area contributed by atoms with E-state index in [1.807, 2.05) is 6.07 Å². The van der Waals surface area contributed by atoms with Crippen LogP contribution in [0.3, 0.4) is 0 Å². The average Bonchev–Trinajstić information content (AvgIpc) is 2.29. The first-order chi connectivity index (χ1) is 8.45. The lowest BCUT2D eigenvalue weighted by molar-refractivity contribution is -0.125. The van der Waals surface area contributed by atoms with Gasteiger partial charge >= 0.3 is 12.3 Å². The number of alkyl halides is 4. The lowest BCUT2D eigenvalue weighted by atomic mass is 10.1. The first kappa shape index (κ1) is 14.9. The Kier molecular flexibility index (Phi) is 5.55. The number of halogens is 4. The molecule has 0 bridgehead atoms. The zero-order valence-corrected chi connectivity index (χ0v) is 9.93. The Labute approximate surface area is 103 Å². The molecular weight excluding hydrogens is 250 g/mol. The second kappa shape index (κ2) is 6.70. The van der Waals surface area contributed by atoms with Crippen LogP contribution in [0.15, 0.2) is 24.3 Å². The first-order valence-corrected chi connectivity index (χ1v) is 5.39. The minimum atomic E-state index is -4.00. The van der Waals surface area contributed by atoms with Crippen LogP contribution in [-0.4, -0.2) is 26.0 Å². The topological polar surface area (TPSA) is 21.3 Å². The number of hydrogen-bond donors (Lipinski definition) is 1. The number of methoxy groups -OCH3 is 1. The van der Waals surface area contributed by atoms with Gasteiger partial charge < -0.3 is 10.1 Å². The molecule has 0 aliphatic rings. The summed E-state index contributed by atoms with van der Waals surface area (Å²) in [5.74, 6) is -4.00. The van der Waals surface area contributed by atoms with Gasteiger partial charge in [0, 0.05) is 13.7 Å². The third kappa shape index (κ3) is 4.62. The van der Waals surface area contributed by atoms with Gasteiger partial charge in [0.1, 0.15) is 0 Å². The second-order valence-corrected chi connectivity index (χ2v) is 3.92. The molecule has 0 aliphatic carbocycles. The van der Waals surface area contributed by atoms with Gasteiger partial charge in [-0.25, -0.2) is 8.78 Å². The lowest BCUT2D eigenvalue weighted by Crippen LogP contribution is -2.38. The van der Waals surface area contributed by atoms with E-state index in [4.69, 9.17) is 4.74 Å². The van der Waals surface area contributed by atoms with Gasteiger partial charge in [0.15, 0.2) is 0 Å². The SMILES string of the molecule is COCc1cccc(CNCC(F)(F)C(F)F)c1. The maximum Gasteiger partial charge on any atom is 0.319 e. The summed E-state index contributed by atoms with van der Waals surface area (Å²) < 4.78 is 54.0. The highest BCUT2D eigenvalue weighted by atomic mass is 19.3. The lowest BCUT2D eigenvalue weighted by Gasteiger charge is -2.15. The maximum absolute atomic E-state index is 12.6. The Morgan fingerprint density at radius 2 is 1.94 bits per heavy atom. The minimum Gasteiger partial charge on any atom is -0.380 e. The van der Waals surface area contributed by atoms with E-state index in [9.17, 15) is 17.6 Å². The number of benzene rings is 1. The van der Waals surface area contributed by atoms with Gasteiger partial charge in [0.25, 0.3) is 0 Å². The van der Waals surface area contributed by atoms with Crippen molar-refractivity contribution in [2.24, 2.45) is 0 Å². The third-order valence-corrected chi connectivity index (χ3v) is 2.31. The molecule has 0 aromatic heterocycles. The van der Waals surface area contributed by atoms with Gasteiger partial charge in [0.2, 0.25) is 0 Å². The Bertz CT molecular complexity index is 371. The van der Waals surface area contributed by atoms with Crippen LogP contribution in [0.5, 0.6) is 0 Å². The minimum absolute atomic E-state index is 0.111. The fourth-order valence-corrected chi connectivity index (χ4v) is 1.45. The molecule has 18 heavy (non-hydrogen) atoms. The molecule has 1 rings (SSSR count). The van der Waals surface area contributed by atoms with Gasteiger partial charge in [-0.3, -0.25) is 0 Å². The molecule has 2 nitrogen and oxygen atoms in total. The summed E-state index contributed by atoms with van der Waals surface area (Å²) in [4.78, 5) is 0. The van der Waals surface area contributed by atoms with Crippen molar-refractivity contribution in [3.8, 4) is 0 Å². The molecule has 0 aliphatic heterocycles. The van der Waals surface area contributed by atoms with Crippen LogP contribution in [-0.2, 0) is 17.9 Å². The van der Waals surface area contributed by atoms with Gasteiger partial charge in [-0.15, -0.1) is 0 Å². The van der Waals surface area contributed by atoms with Gasteiger partial charge in [0.05, 0.1) is 13.2 Å². The van der Waals surface area contributed by atoms with Crippen LogP contribution in [0.25, 0.3) is 0 Å². The van der Waals surface area contributed by atoms with Crippen molar-refractivity contribution in [1.82, 2.24) is 5.32 Å². The molecule has 0 saturated heterocycles. The highest BCUT2D eigenvalue weighted by molar-refractivity contribution is 5.22. The van der Waals surface area contributed by atoms with Crippen molar-refractivity contribution >= 4 is 0 Å². The van der Waals surface area contributed by atoms with Crippen LogP contribution in [0.4, 0.5) is 17.6 Å². The smallest absolute Gasteiger partial charge is 0.319 e. The Morgan fingerprint density at radius 1 is 1.28 bits per heavy atom. The van der Waals surface area contributed by atoms with Gasteiger partial charge in [-0.05, 0) is 11.1 Å². The van der Waals surface area contributed by atoms with E-state index in [1.165, 1.54) is 0 Å². The number of ether oxygens (including phenoxy) is 1. The van der Waals surface area contributed by atoms with E-state index in [1.54, 1.807) is 25.3 Å². The van der Waals surface area contributed by atoms with Crippen LogP contribution in [0.1, 0.15) is 11.1 Å². The Balaban J connectivity index is 2.46. The molecule has 0 fully saturated rings. The molecule has 0 radical (unpaired) electrons. The number of rotatable bonds is 7. The molecule has 1 aromatic rings. The van der Waals surface area contributed by atoms with Gasteiger partial charge in [-0.2, -0.15) is 8.78 Å². The third-order valence-electron chi connectivity index (χ3n) is 2.31. The predicted molar refractivity (Wildman–Crippen MR) is 59.8 cm³/mol. The van der Waals surface area contributed by atoms with E-state index in [0.29, 0.717) is 6.61 Å². The quantitative estimate of drug-likeness (QED) is 0.765. The Hall–Kier alpha value is -1.14. The molecule has 6 heteroatoms. The molecule has 0 heterocycles. The van der Waals surface area contributed by atoms with Crippen LogP contribution in [0.2, 0.25) is 0 Å². The van der Waals surface area contributed by atoms with Gasteiger partial charge in [-0.1, -0.05) is 24.3 Å². The molecular formula is C12H15F4NO. The van der Waals surface area contributed by atoms with E-state index in [0.717, 1.165) is 11.1 Å². The van der Waals surface area contributed by atoms with Crippen LogP contribution < -0.4 is 5.32 Å². The fraction of sp³-hybridized carbons (Fsp3) is 0.500. The van der Waals surface area contributed by atoms with E-state index < -0.39 is 18.9 Å². The van der Waals surface area contributed by atoms with E-state index >= 15 is 0 Å². The molecule has 0 amide bonds. The van der Waals surface area contributed by atoms with E-state index in [-0.39, 0.29) is 6.54 Å². The first-order valence-electron chi connectivity index (χ1n) is 5.39. The summed E-state index contributed by atoms with van der Waals surface area (Å²) in [6, 6.07) is 7.10. The molecule has 0 saturated carbocycles. The van der Waals surface area contributed by atoms with Crippen molar-refractivity contribution in [2.45, 2.75) is 25.5 Å². The number of nitrogens with one attached hydrogen (secondary N) is 1. The highest BCUT2D eigenvalue weighted by Gasteiger charge is 2.39. The van der Waals surface area contributed by atoms with E-state index in [2.05, 4.69) is 5.32 Å². The monoisotopic (exact) mass is 265 g/mol. The molecule has 0 atom stereocenters. The summed E-state index contributed by atoms with van der Waals surface area (Å²) >= 11 is 0. The molecule has 0 unspecified atom stereocenters. The van der Waals surface area contributed by atoms with Crippen molar-refractivity contribution < 1.29 is 22.3 Å². The van der Waals surface area contributed by atoms with Crippen LogP contribution in [0, 0.1) is 0 Å². The molecule has 1 aromatic carbocycles. The largest absolute Gasteiger partial charge is 0.380 e. The number of hydrogen-bond acceptors (Lipinski definition) is 2. The molecule has 0 spiro atoms. The molecule has 102 valence electrons.